The number of methoxy groups -OCH3 is 2. The molecule has 1 amide bonds. The Morgan fingerprint density at radius 1 is 1.41 bits per heavy atom. The minimum atomic E-state index is -0.836. The highest BCUT2D eigenvalue weighted by molar-refractivity contribution is 7.17. The molecule has 0 spiro atoms. The van der Waals surface area contributed by atoms with Gasteiger partial charge in [0.2, 0.25) is 16.0 Å². The van der Waals surface area contributed by atoms with Crippen molar-refractivity contribution in [3.05, 3.63) is 39.4 Å². The van der Waals surface area contributed by atoms with E-state index < -0.39 is 17.3 Å². The van der Waals surface area contributed by atoms with Crippen molar-refractivity contribution in [1.29, 1.82) is 0 Å². The van der Waals surface area contributed by atoms with Gasteiger partial charge in [0.25, 0.3) is 5.91 Å². The fourth-order valence-electron chi connectivity index (χ4n) is 2.16. The van der Waals surface area contributed by atoms with E-state index in [9.17, 15) is 14.0 Å². The lowest BCUT2D eigenvalue weighted by Gasteiger charge is -2.10. The molecule has 3 aromatic heterocycles. The van der Waals surface area contributed by atoms with Gasteiger partial charge < -0.3 is 19.2 Å². The van der Waals surface area contributed by atoms with Gasteiger partial charge in [0.05, 0.1) is 25.6 Å². The summed E-state index contributed by atoms with van der Waals surface area (Å²) < 4.78 is 29.3. The zero-order valence-electron chi connectivity index (χ0n) is 15.1. The second kappa shape index (κ2) is 8.98. The van der Waals surface area contributed by atoms with E-state index in [0.717, 1.165) is 22.2 Å². The van der Waals surface area contributed by atoms with Crippen molar-refractivity contribution in [3.8, 4) is 10.9 Å². The Bertz CT molecular complexity index is 1080. The number of hydrogen-bond donors (Lipinski definition) is 2. The van der Waals surface area contributed by atoms with Gasteiger partial charge in [-0.3, -0.25) is 10.1 Å². The van der Waals surface area contributed by atoms with Crippen molar-refractivity contribution in [2.24, 2.45) is 0 Å². The zero-order valence-corrected chi connectivity index (χ0v) is 16.6. The van der Waals surface area contributed by atoms with E-state index in [0.29, 0.717) is 13.2 Å². The molecule has 3 aromatic rings. The number of ether oxygens (including phenoxy) is 2. The van der Waals surface area contributed by atoms with Gasteiger partial charge in [-0.2, -0.15) is 9.78 Å². The molecule has 0 aliphatic rings. The molecule has 0 saturated heterocycles. The van der Waals surface area contributed by atoms with E-state index in [4.69, 9.17) is 25.5 Å². The third-order valence-corrected chi connectivity index (χ3v) is 4.60. The number of anilines is 2. The van der Waals surface area contributed by atoms with E-state index in [2.05, 4.69) is 25.9 Å². The first-order valence-corrected chi connectivity index (χ1v) is 9.13. The van der Waals surface area contributed by atoms with Gasteiger partial charge in [-0.25, -0.2) is 9.18 Å². The molecule has 14 heteroatoms. The molecular weight excluding hydrogens is 431 g/mol. The lowest BCUT2D eigenvalue weighted by molar-refractivity contribution is 0.0991. The van der Waals surface area contributed by atoms with Crippen LogP contribution in [0.1, 0.15) is 10.6 Å². The molecule has 2 N–H and O–H groups in total. The van der Waals surface area contributed by atoms with Crippen LogP contribution >= 0.6 is 22.9 Å². The van der Waals surface area contributed by atoms with Crippen molar-refractivity contribution in [2.45, 2.75) is 0 Å². The summed E-state index contributed by atoms with van der Waals surface area (Å²) in [6, 6.07) is 1.31. The van der Waals surface area contributed by atoms with Crippen molar-refractivity contribution < 1.29 is 23.1 Å². The molecular formula is C15H14ClFN6O5S. The lowest BCUT2D eigenvalue weighted by atomic mass is 10.3. The minimum absolute atomic E-state index is 0.0596. The Morgan fingerprint density at radius 3 is 2.86 bits per heavy atom. The predicted molar refractivity (Wildman–Crippen MR) is 102 cm³/mol. The summed E-state index contributed by atoms with van der Waals surface area (Å²) in [7, 11) is 2.83. The number of aromatic nitrogens is 4. The van der Waals surface area contributed by atoms with Crippen molar-refractivity contribution >= 4 is 39.7 Å². The molecule has 0 aliphatic heterocycles. The van der Waals surface area contributed by atoms with Gasteiger partial charge in [0.1, 0.15) is 0 Å². The van der Waals surface area contributed by atoms with Crippen LogP contribution in [0, 0.1) is 5.82 Å². The lowest BCUT2D eigenvalue weighted by Crippen LogP contribution is -2.18. The molecule has 0 unspecified atom stereocenters. The van der Waals surface area contributed by atoms with Crippen LogP contribution in [-0.4, -0.2) is 53.3 Å². The number of hydrogen-bond acceptors (Lipinski definition) is 10. The highest BCUT2D eigenvalue weighted by Gasteiger charge is 2.20. The fraction of sp³-hybridized carbons (Fsp3) is 0.267. The quantitative estimate of drug-likeness (QED) is 0.498. The van der Waals surface area contributed by atoms with Crippen molar-refractivity contribution in [3.63, 3.8) is 0 Å². The average molecular weight is 445 g/mol. The molecule has 0 saturated carbocycles. The fourth-order valence-corrected chi connectivity index (χ4v) is 3.09. The third kappa shape index (κ3) is 4.52. The molecule has 0 bridgehead atoms. The van der Waals surface area contributed by atoms with Crippen LogP contribution in [0.4, 0.5) is 15.2 Å². The molecule has 154 valence electrons. The third-order valence-electron chi connectivity index (χ3n) is 3.44. The van der Waals surface area contributed by atoms with E-state index >= 15 is 0 Å². The minimum Gasteiger partial charge on any atom is -0.488 e. The van der Waals surface area contributed by atoms with Crippen LogP contribution in [0.25, 0.3) is 5.13 Å². The molecule has 0 aliphatic carbocycles. The maximum Gasteiger partial charge on any atom is 0.381 e. The second-order valence-corrected chi connectivity index (χ2v) is 6.62. The van der Waals surface area contributed by atoms with Crippen molar-refractivity contribution in [2.75, 3.05) is 38.0 Å². The van der Waals surface area contributed by atoms with Gasteiger partial charge in [-0.15, -0.1) is 10.2 Å². The maximum atomic E-state index is 13.3. The van der Waals surface area contributed by atoms with Crippen LogP contribution in [0.2, 0.25) is 5.15 Å². The van der Waals surface area contributed by atoms with Crippen LogP contribution in [0.15, 0.2) is 21.5 Å². The monoisotopic (exact) mass is 444 g/mol. The average Bonchev–Trinajstić information content (AvgIpc) is 3.28. The number of nitrogens with one attached hydrogen (secondary N) is 2. The number of rotatable bonds is 8. The first-order chi connectivity index (χ1) is 13.9. The predicted octanol–water partition coefficient (Wildman–Crippen LogP) is 1.79. The van der Waals surface area contributed by atoms with Crippen LogP contribution in [0.5, 0.6) is 5.75 Å². The molecule has 29 heavy (non-hydrogen) atoms. The number of carbonyl (C=O) groups excluding carboxylic acids is 1. The molecule has 0 fully saturated rings. The first kappa shape index (κ1) is 20.7. The van der Waals surface area contributed by atoms with Crippen molar-refractivity contribution in [1.82, 2.24) is 20.0 Å². The molecule has 0 aromatic carbocycles. The van der Waals surface area contributed by atoms with Gasteiger partial charge in [0.15, 0.2) is 16.7 Å². The standard InChI is InChI=1S/C15H14ClFN6O5S/c1-26-4-3-18-8-5-9(28-13(25)10(8)27-2)12(24)20-14-21-22-15(29-14)23-11(16)7(17)6-19-23/h5-6,18H,3-4H2,1-2H3,(H,20,21,24). The number of amides is 1. The topological polar surface area (TPSA) is 133 Å². The second-order valence-electron chi connectivity index (χ2n) is 5.30. The number of carbonyl (C=O) groups is 1. The van der Waals surface area contributed by atoms with E-state index in [1.165, 1.54) is 20.3 Å². The summed E-state index contributed by atoms with van der Waals surface area (Å²) in [4.78, 5) is 24.5. The highest BCUT2D eigenvalue weighted by Crippen LogP contribution is 2.25. The Hall–Kier alpha value is -3.03. The summed E-state index contributed by atoms with van der Waals surface area (Å²) in [5.41, 5.74) is -0.570. The summed E-state index contributed by atoms with van der Waals surface area (Å²) in [5.74, 6) is -1.83. The normalized spacial score (nSPS) is 10.8. The summed E-state index contributed by atoms with van der Waals surface area (Å²) in [6.45, 7) is 0.743. The summed E-state index contributed by atoms with van der Waals surface area (Å²) in [6.07, 6.45) is 0.923. The molecule has 3 heterocycles. The van der Waals surface area contributed by atoms with Gasteiger partial charge in [0, 0.05) is 19.7 Å². The van der Waals surface area contributed by atoms with E-state index in [1.54, 1.807) is 0 Å². The SMILES string of the molecule is COCCNc1cc(C(=O)Nc2nnc(-n3ncc(F)c3Cl)s2)oc(=O)c1OC. The van der Waals surface area contributed by atoms with Gasteiger partial charge in [-0.05, 0) is 0 Å². The Morgan fingerprint density at radius 2 is 2.21 bits per heavy atom. The first-order valence-electron chi connectivity index (χ1n) is 7.93. The van der Waals surface area contributed by atoms with E-state index in [1.807, 2.05) is 0 Å². The Kier molecular flexibility index (Phi) is 6.41. The smallest absolute Gasteiger partial charge is 0.381 e. The Balaban J connectivity index is 1.80. The van der Waals surface area contributed by atoms with Gasteiger partial charge >= 0.3 is 5.63 Å². The molecule has 3 rings (SSSR count). The number of halogens is 2. The number of nitrogens with zero attached hydrogens (tertiary/aromatic N) is 4. The molecule has 0 radical (unpaired) electrons. The summed E-state index contributed by atoms with van der Waals surface area (Å²) in [5, 5.41) is 16.6. The largest absolute Gasteiger partial charge is 0.488 e. The van der Waals surface area contributed by atoms with Gasteiger partial charge in [-0.1, -0.05) is 22.9 Å². The maximum absolute atomic E-state index is 13.3. The van der Waals surface area contributed by atoms with E-state index in [-0.39, 0.29) is 32.6 Å². The zero-order chi connectivity index (χ0) is 21.0. The summed E-state index contributed by atoms with van der Waals surface area (Å²) >= 11 is 6.66. The molecule has 0 atom stereocenters. The highest BCUT2D eigenvalue weighted by atomic mass is 35.5. The van der Waals surface area contributed by atoms with Crippen LogP contribution < -0.4 is 21.0 Å². The van der Waals surface area contributed by atoms with Crippen LogP contribution in [0.3, 0.4) is 0 Å². The Labute approximate surface area is 171 Å². The van der Waals surface area contributed by atoms with Crippen LogP contribution in [-0.2, 0) is 4.74 Å². The molecule has 11 nitrogen and oxygen atoms in total.